The maximum atomic E-state index is 13.4. The van der Waals surface area contributed by atoms with E-state index in [0.717, 1.165) is 11.4 Å². The monoisotopic (exact) mass is 426 g/mol. The van der Waals surface area contributed by atoms with Crippen molar-refractivity contribution >= 4 is 11.5 Å². The molecule has 0 unspecified atom stereocenters. The Balaban J connectivity index is 1.47. The quantitative estimate of drug-likeness (QED) is 0.713. The number of carbonyl (C=O) groups excluding carboxylic acids is 1. The van der Waals surface area contributed by atoms with Crippen LogP contribution in [0.3, 0.4) is 0 Å². The molecule has 9 heteroatoms. The number of ether oxygens (including phenoxy) is 2. The second-order valence-corrected chi connectivity index (χ2v) is 8.37. The SMILES string of the molecule is COc1ccccc1N1CCN(n2c(=O)c3c(n(C)c2=O)[C@@H]2C[C@@H](C(C)=O)[C@H]3O2)CC1. The third-order valence-electron chi connectivity index (χ3n) is 6.75. The van der Waals surface area contributed by atoms with Crippen LogP contribution in [0.5, 0.6) is 5.75 Å². The lowest BCUT2D eigenvalue weighted by molar-refractivity contribution is -0.122. The number of rotatable bonds is 4. The average molecular weight is 426 g/mol. The van der Waals surface area contributed by atoms with Gasteiger partial charge in [-0.15, -0.1) is 0 Å². The largest absolute Gasteiger partial charge is 0.495 e. The lowest BCUT2D eigenvalue weighted by atomic mass is 9.84. The van der Waals surface area contributed by atoms with E-state index < -0.39 is 6.10 Å². The maximum Gasteiger partial charge on any atom is 0.350 e. The molecule has 3 aliphatic heterocycles. The molecule has 4 heterocycles. The standard InChI is InChI=1S/C22H26N4O5/c1-13(27)14-12-17-19-18(20(14)31-17)21(28)26(22(29)23(19)2)25-10-8-24(9-11-25)15-6-4-5-7-16(15)30-3/h4-7,14,17,20H,8-12H2,1-3H3/t14-,17-,20+/m0/s1. The first-order valence-corrected chi connectivity index (χ1v) is 10.6. The van der Waals surface area contributed by atoms with E-state index in [4.69, 9.17) is 9.47 Å². The zero-order valence-electron chi connectivity index (χ0n) is 17.9. The molecule has 2 bridgehead atoms. The van der Waals surface area contributed by atoms with Crippen LogP contribution in [0, 0.1) is 5.92 Å². The third-order valence-corrected chi connectivity index (χ3v) is 6.75. The smallest absolute Gasteiger partial charge is 0.350 e. The Morgan fingerprint density at radius 2 is 1.84 bits per heavy atom. The highest BCUT2D eigenvalue weighted by molar-refractivity contribution is 5.80. The van der Waals surface area contributed by atoms with Gasteiger partial charge >= 0.3 is 5.69 Å². The average Bonchev–Trinajstić information content (AvgIpc) is 3.38. The van der Waals surface area contributed by atoms with Crippen molar-refractivity contribution in [1.29, 1.82) is 0 Å². The number of piperazine rings is 1. The van der Waals surface area contributed by atoms with Crippen molar-refractivity contribution in [2.75, 3.05) is 43.2 Å². The van der Waals surface area contributed by atoms with Crippen LogP contribution in [0.4, 0.5) is 5.69 Å². The Morgan fingerprint density at radius 3 is 2.52 bits per heavy atom. The lowest BCUT2D eigenvalue weighted by Gasteiger charge is -2.38. The summed E-state index contributed by atoms with van der Waals surface area (Å²) in [5.74, 6) is 0.493. The summed E-state index contributed by atoms with van der Waals surface area (Å²) < 4.78 is 14.2. The Kier molecular flexibility index (Phi) is 4.65. The molecule has 0 N–H and O–H groups in total. The molecule has 0 spiro atoms. The first-order valence-electron chi connectivity index (χ1n) is 10.6. The number of hydrogen-bond donors (Lipinski definition) is 0. The summed E-state index contributed by atoms with van der Waals surface area (Å²) in [6, 6.07) is 7.82. The number of methoxy groups -OCH3 is 1. The van der Waals surface area contributed by atoms with Gasteiger partial charge in [-0.2, -0.15) is 4.68 Å². The predicted molar refractivity (Wildman–Crippen MR) is 114 cm³/mol. The number of ketones is 1. The fraction of sp³-hybridized carbons (Fsp3) is 0.500. The van der Waals surface area contributed by atoms with E-state index in [1.165, 1.54) is 16.2 Å². The second kappa shape index (κ2) is 7.26. The molecule has 0 radical (unpaired) electrons. The molecule has 1 aromatic heterocycles. The van der Waals surface area contributed by atoms with Gasteiger partial charge in [0.2, 0.25) is 0 Å². The summed E-state index contributed by atoms with van der Waals surface area (Å²) in [5.41, 5.74) is 1.35. The first-order chi connectivity index (χ1) is 14.9. The van der Waals surface area contributed by atoms with Gasteiger partial charge in [-0.05, 0) is 25.5 Å². The summed E-state index contributed by atoms with van der Waals surface area (Å²) in [5, 5.41) is 1.80. The minimum absolute atomic E-state index is 0.0170. The van der Waals surface area contributed by atoms with E-state index in [9.17, 15) is 14.4 Å². The zero-order valence-corrected chi connectivity index (χ0v) is 17.9. The van der Waals surface area contributed by atoms with Crippen molar-refractivity contribution in [3.05, 3.63) is 56.4 Å². The minimum atomic E-state index is -0.557. The maximum absolute atomic E-state index is 13.4. The van der Waals surface area contributed by atoms with Gasteiger partial charge in [0, 0.05) is 20.1 Å². The molecule has 9 nitrogen and oxygen atoms in total. The summed E-state index contributed by atoms with van der Waals surface area (Å²) in [6.07, 6.45) is -0.393. The highest BCUT2D eigenvalue weighted by Gasteiger charge is 2.51. The Labute approximate surface area is 179 Å². The number of aromatic nitrogens is 2. The van der Waals surface area contributed by atoms with E-state index in [0.29, 0.717) is 43.9 Å². The van der Waals surface area contributed by atoms with Crippen LogP contribution in [-0.4, -0.2) is 48.3 Å². The number of anilines is 1. The molecule has 2 saturated heterocycles. The number of Topliss-reactive ketones (excluding diaryl/α,β-unsaturated/α-hetero) is 1. The number of fused-ring (bicyclic) bond motifs is 5. The normalized spacial score (nSPS) is 24.4. The third kappa shape index (κ3) is 2.90. The molecule has 1 aromatic carbocycles. The zero-order chi connectivity index (χ0) is 21.9. The highest BCUT2D eigenvalue weighted by atomic mass is 16.5. The fourth-order valence-corrected chi connectivity index (χ4v) is 5.18. The number of benzene rings is 1. The van der Waals surface area contributed by atoms with Crippen molar-refractivity contribution in [2.45, 2.75) is 25.6 Å². The van der Waals surface area contributed by atoms with Crippen LogP contribution in [0.2, 0.25) is 0 Å². The van der Waals surface area contributed by atoms with Gasteiger partial charge in [-0.1, -0.05) is 12.1 Å². The van der Waals surface area contributed by atoms with Gasteiger partial charge in [-0.3, -0.25) is 14.2 Å². The van der Waals surface area contributed by atoms with E-state index in [1.54, 1.807) is 19.2 Å². The number of nitrogens with zero attached hydrogens (tertiary/aromatic N) is 4. The molecule has 3 aliphatic rings. The molecular formula is C22H26N4O5. The molecule has 2 aromatic rings. The summed E-state index contributed by atoms with van der Waals surface area (Å²) in [4.78, 5) is 40.8. The first kappa shape index (κ1) is 19.9. The number of carbonyl (C=O) groups is 1. The van der Waals surface area contributed by atoms with Gasteiger partial charge in [0.15, 0.2) is 0 Å². The van der Waals surface area contributed by atoms with Gasteiger partial charge in [0.1, 0.15) is 17.6 Å². The van der Waals surface area contributed by atoms with E-state index in [1.807, 2.05) is 24.3 Å². The lowest BCUT2D eigenvalue weighted by Crippen LogP contribution is -2.60. The van der Waals surface area contributed by atoms with Crippen molar-refractivity contribution in [1.82, 2.24) is 9.24 Å². The molecule has 0 amide bonds. The number of hydrogen-bond acceptors (Lipinski definition) is 7. The summed E-state index contributed by atoms with van der Waals surface area (Å²) in [7, 11) is 3.32. The highest BCUT2D eigenvalue weighted by Crippen LogP contribution is 2.52. The molecule has 5 rings (SSSR count). The van der Waals surface area contributed by atoms with Crippen LogP contribution < -0.4 is 25.9 Å². The predicted octanol–water partition coefficient (Wildman–Crippen LogP) is 0.735. The molecule has 0 saturated carbocycles. The van der Waals surface area contributed by atoms with Gasteiger partial charge in [0.05, 0.1) is 49.2 Å². The van der Waals surface area contributed by atoms with E-state index in [-0.39, 0.29) is 29.1 Å². The number of para-hydroxylation sites is 2. The minimum Gasteiger partial charge on any atom is -0.495 e. The fourth-order valence-electron chi connectivity index (χ4n) is 5.18. The van der Waals surface area contributed by atoms with E-state index >= 15 is 0 Å². The van der Waals surface area contributed by atoms with Crippen molar-refractivity contribution in [2.24, 2.45) is 13.0 Å². The molecule has 2 fully saturated rings. The topological polar surface area (TPSA) is 86.0 Å². The van der Waals surface area contributed by atoms with Crippen LogP contribution in [0.25, 0.3) is 0 Å². The molecule has 3 atom stereocenters. The Bertz CT molecular complexity index is 1160. The van der Waals surface area contributed by atoms with Gasteiger partial charge in [0.25, 0.3) is 5.56 Å². The van der Waals surface area contributed by atoms with Gasteiger partial charge < -0.3 is 19.4 Å². The Morgan fingerprint density at radius 1 is 1.13 bits per heavy atom. The Hall–Kier alpha value is -3.07. The second-order valence-electron chi connectivity index (χ2n) is 8.37. The summed E-state index contributed by atoms with van der Waals surface area (Å²) >= 11 is 0. The molecule has 31 heavy (non-hydrogen) atoms. The van der Waals surface area contributed by atoms with Crippen LogP contribution in [0.1, 0.15) is 36.8 Å². The molecule has 164 valence electrons. The van der Waals surface area contributed by atoms with E-state index in [2.05, 4.69) is 4.90 Å². The van der Waals surface area contributed by atoms with Crippen molar-refractivity contribution < 1.29 is 14.3 Å². The van der Waals surface area contributed by atoms with Crippen LogP contribution in [-0.2, 0) is 16.6 Å². The molecule has 0 aliphatic carbocycles. The molecular weight excluding hydrogens is 400 g/mol. The van der Waals surface area contributed by atoms with Crippen LogP contribution >= 0.6 is 0 Å². The van der Waals surface area contributed by atoms with Crippen molar-refractivity contribution in [3.8, 4) is 5.75 Å². The van der Waals surface area contributed by atoms with Crippen LogP contribution in [0.15, 0.2) is 33.9 Å². The summed E-state index contributed by atoms with van der Waals surface area (Å²) in [6.45, 7) is 3.84. The van der Waals surface area contributed by atoms with Gasteiger partial charge in [-0.25, -0.2) is 4.79 Å². The van der Waals surface area contributed by atoms with Crippen molar-refractivity contribution in [3.63, 3.8) is 0 Å².